The molecule has 0 aromatic heterocycles. The zero-order valence-electron chi connectivity index (χ0n) is 11.5. The van der Waals surface area contributed by atoms with Crippen LogP contribution in [-0.2, 0) is 15.8 Å². The van der Waals surface area contributed by atoms with Gasteiger partial charge in [-0.25, -0.2) is 12.7 Å². The Kier molecular flexibility index (Phi) is 5.35. The van der Waals surface area contributed by atoms with Crippen LogP contribution in [0.5, 0.6) is 0 Å². The van der Waals surface area contributed by atoms with Gasteiger partial charge in [0.2, 0.25) is 10.0 Å². The molecule has 0 heterocycles. The zero-order chi connectivity index (χ0) is 14.8. The van der Waals surface area contributed by atoms with Crippen LogP contribution in [0.2, 0.25) is 10.0 Å². The molecule has 1 saturated carbocycles. The first kappa shape index (κ1) is 16.1. The largest absolute Gasteiger partial charge is 0.218 e. The number of rotatable bonds is 4. The van der Waals surface area contributed by atoms with Gasteiger partial charge in [0.1, 0.15) is 0 Å². The highest BCUT2D eigenvalue weighted by Gasteiger charge is 2.28. The second-order valence-corrected chi connectivity index (χ2v) is 8.17. The lowest BCUT2D eigenvalue weighted by Crippen LogP contribution is -2.38. The Labute approximate surface area is 130 Å². The molecule has 0 amide bonds. The highest BCUT2D eigenvalue weighted by Crippen LogP contribution is 2.27. The molecule has 0 atom stereocenters. The van der Waals surface area contributed by atoms with Crippen LogP contribution < -0.4 is 0 Å². The predicted octanol–water partition coefficient (Wildman–Crippen LogP) is 4.09. The summed E-state index contributed by atoms with van der Waals surface area (Å²) in [5.41, 5.74) is 0.596. The first-order chi connectivity index (χ1) is 9.40. The van der Waals surface area contributed by atoms with E-state index in [0.717, 1.165) is 25.7 Å². The number of nitrogens with zero attached hydrogens (tertiary/aromatic N) is 1. The average molecular weight is 336 g/mol. The van der Waals surface area contributed by atoms with Gasteiger partial charge in [0, 0.05) is 23.1 Å². The van der Waals surface area contributed by atoms with Crippen molar-refractivity contribution in [3.63, 3.8) is 0 Å². The van der Waals surface area contributed by atoms with Gasteiger partial charge in [-0.1, -0.05) is 48.5 Å². The van der Waals surface area contributed by atoms with Crippen molar-refractivity contribution in [3.8, 4) is 0 Å². The minimum Gasteiger partial charge on any atom is -0.212 e. The summed E-state index contributed by atoms with van der Waals surface area (Å²) in [5.74, 6) is -0.0734. The minimum absolute atomic E-state index is 0.0734. The monoisotopic (exact) mass is 335 g/mol. The summed E-state index contributed by atoms with van der Waals surface area (Å²) in [5, 5.41) is 0.912. The van der Waals surface area contributed by atoms with Gasteiger partial charge in [-0.15, -0.1) is 0 Å². The first-order valence-electron chi connectivity index (χ1n) is 6.80. The number of sulfonamides is 1. The van der Waals surface area contributed by atoms with E-state index in [9.17, 15) is 8.42 Å². The van der Waals surface area contributed by atoms with E-state index in [1.54, 1.807) is 25.2 Å². The van der Waals surface area contributed by atoms with E-state index < -0.39 is 10.0 Å². The van der Waals surface area contributed by atoms with Gasteiger partial charge in [0.05, 0.1) is 5.75 Å². The molecule has 1 aromatic rings. The molecule has 1 aliphatic rings. The SMILES string of the molecule is CN(C1CCCCC1)S(=O)(=O)Cc1ccc(Cl)cc1Cl. The van der Waals surface area contributed by atoms with Crippen molar-refractivity contribution >= 4 is 33.2 Å². The van der Waals surface area contributed by atoms with E-state index >= 15 is 0 Å². The maximum atomic E-state index is 12.5. The smallest absolute Gasteiger partial charge is 0.212 e. The number of hydrogen-bond acceptors (Lipinski definition) is 2. The first-order valence-corrected chi connectivity index (χ1v) is 9.16. The molecule has 3 nitrogen and oxygen atoms in total. The number of hydrogen-bond donors (Lipinski definition) is 0. The zero-order valence-corrected chi connectivity index (χ0v) is 13.8. The maximum absolute atomic E-state index is 12.5. The topological polar surface area (TPSA) is 37.4 Å². The molecule has 6 heteroatoms. The maximum Gasteiger partial charge on any atom is 0.218 e. The second-order valence-electron chi connectivity index (χ2n) is 5.30. The lowest BCUT2D eigenvalue weighted by molar-refractivity contribution is 0.285. The quantitative estimate of drug-likeness (QED) is 0.830. The van der Waals surface area contributed by atoms with Crippen LogP contribution in [-0.4, -0.2) is 25.8 Å². The molecule has 0 saturated heterocycles. The number of halogens is 2. The Hall–Kier alpha value is -0.290. The summed E-state index contributed by atoms with van der Waals surface area (Å²) in [4.78, 5) is 0. The van der Waals surface area contributed by atoms with Gasteiger partial charge >= 0.3 is 0 Å². The van der Waals surface area contributed by atoms with Crippen molar-refractivity contribution < 1.29 is 8.42 Å². The van der Waals surface area contributed by atoms with Gasteiger partial charge in [-0.2, -0.15) is 0 Å². The molecule has 20 heavy (non-hydrogen) atoms. The summed E-state index contributed by atoms with van der Waals surface area (Å²) in [6.45, 7) is 0. The molecular formula is C14H19Cl2NO2S. The molecular weight excluding hydrogens is 317 g/mol. The fourth-order valence-corrected chi connectivity index (χ4v) is 4.68. The summed E-state index contributed by atoms with van der Waals surface area (Å²) in [6, 6.07) is 5.05. The van der Waals surface area contributed by atoms with E-state index in [4.69, 9.17) is 23.2 Å². The van der Waals surface area contributed by atoms with Crippen LogP contribution in [0.4, 0.5) is 0 Å². The Balaban J connectivity index is 2.13. The Morgan fingerprint density at radius 1 is 1.20 bits per heavy atom. The second kappa shape index (κ2) is 6.65. The Morgan fingerprint density at radius 2 is 1.85 bits per heavy atom. The van der Waals surface area contributed by atoms with Gasteiger partial charge in [-0.3, -0.25) is 0 Å². The van der Waals surface area contributed by atoms with Crippen LogP contribution in [0.1, 0.15) is 37.7 Å². The standard InChI is InChI=1S/C14H19Cl2NO2S/c1-17(13-5-3-2-4-6-13)20(18,19)10-11-7-8-12(15)9-14(11)16/h7-9,13H,2-6,10H2,1H3. The van der Waals surface area contributed by atoms with E-state index in [2.05, 4.69) is 0 Å². The van der Waals surface area contributed by atoms with Crippen molar-refractivity contribution in [2.75, 3.05) is 7.05 Å². The Morgan fingerprint density at radius 3 is 2.45 bits per heavy atom. The van der Waals surface area contributed by atoms with E-state index in [0.29, 0.717) is 15.6 Å². The molecule has 0 aliphatic heterocycles. The third kappa shape index (κ3) is 3.88. The molecule has 0 bridgehead atoms. The molecule has 0 radical (unpaired) electrons. The van der Waals surface area contributed by atoms with Crippen molar-refractivity contribution in [1.82, 2.24) is 4.31 Å². The molecule has 0 spiro atoms. The highest BCUT2D eigenvalue weighted by molar-refractivity contribution is 7.88. The molecule has 112 valence electrons. The lowest BCUT2D eigenvalue weighted by Gasteiger charge is -2.30. The molecule has 1 aromatic carbocycles. The van der Waals surface area contributed by atoms with Crippen LogP contribution in [0.25, 0.3) is 0 Å². The molecule has 2 rings (SSSR count). The van der Waals surface area contributed by atoms with Crippen molar-refractivity contribution in [3.05, 3.63) is 33.8 Å². The van der Waals surface area contributed by atoms with Gasteiger partial charge in [-0.05, 0) is 30.5 Å². The van der Waals surface area contributed by atoms with Crippen molar-refractivity contribution in [2.24, 2.45) is 0 Å². The van der Waals surface area contributed by atoms with Crippen molar-refractivity contribution in [2.45, 2.75) is 43.9 Å². The summed E-state index contributed by atoms with van der Waals surface area (Å²) >= 11 is 11.9. The van der Waals surface area contributed by atoms with Crippen LogP contribution >= 0.6 is 23.2 Å². The van der Waals surface area contributed by atoms with Gasteiger partial charge in [0.15, 0.2) is 0 Å². The lowest BCUT2D eigenvalue weighted by atomic mass is 9.96. The molecule has 0 unspecified atom stereocenters. The third-order valence-corrected chi connectivity index (χ3v) is 6.32. The van der Waals surface area contributed by atoms with Gasteiger partial charge in [0.25, 0.3) is 0 Å². The van der Waals surface area contributed by atoms with Crippen LogP contribution in [0.15, 0.2) is 18.2 Å². The van der Waals surface area contributed by atoms with E-state index in [1.165, 1.54) is 10.7 Å². The van der Waals surface area contributed by atoms with E-state index in [-0.39, 0.29) is 11.8 Å². The van der Waals surface area contributed by atoms with Gasteiger partial charge < -0.3 is 0 Å². The van der Waals surface area contributed by atoms with Crippen molar-refractivity contribution in [1.29, 1.82) is 0 Å². The Bertz CT molecular complexity index is 569. The number of benzene rings is 1. The van der Waals surface area contributed by atoms with Crippen LogP contribution in [0, 0.1) is 0 Å². The minimum atomic E-state index is -3.34. The summed E-state index contributed by atoms with van der Waals surface area (Å²) in [6.07, 6.45) is 5.31. The molecule has 1 fully saturated rings. The third-order valence-electron chi connectivity index (χ3n) is 3.88. The predicted molar refractivity (Wildman–Crippen MR) is 83.7 cm³/mol. The average Bonchev–Trinajstić information content (AvgIpc) is 2.42. The summed E-state index contributed by atoms with van der Waals surface area (Å²) < 4.78 is 26.5. The fraction of sp³-hybridized carbons (Fsp3) is 0.571. The molecule has 1 aliphatic carbocycles. The fourth-order valence-electron chi connectivity index (χ4n) is 2.61. The highest BCUT2D eigenvalue weighted by atomic mass is 35.5. The summed E-state index contributed by atoms with van der Waals surface area (Å²) in [7, 11) is -1.67. The molecule has 0 N–H and O–H groups in total. The normalized spacial score (nSPS) is 17.6. The van der Waals surface area contributed by atoms with Crippen LogP contribution in [0.3, 0.4) is 0 Å². The van der Waals surface area contributed by atoms with E-state index in [1.807, 2.05) is 0 Å².